The van der Waals surface area contributed by atoms with Crippen molar-refractivity contribution in [1.82, 2.24) is 10.2 Å². The first-order valence-corrected chi connectivity index (χ1v) is 17.0. The molecule has 8 nitrogen and oxygen atoms in total. The molecular weight excluding hydrogens is 665 g/mol. The predicted molar refractivity (Wildman–Crippen MR) is 184 cm³/mol. The summed E-state index contributed by atoms with van der Waals surface area (Å²) in [4.78, 5) is 28.6. The number of carbonyl (C=O) groups excluding carboxylic acids is 2. The maximum atomic E-state index is 13.7. The van der Waals surface area contributed by atoms with E-state index < -0.39 is 23.5 Å². The first kappa shape index (κ1) is 33.5. The van der Waals surface area contributed by atoms with Gasteiger partial charge in [0.2, 0.25) is 5.13 Å². The molecule has 1 amide bonds. The molecule has 12 heteroatoms. The van der Waals surface area contributed by atoms with Crippen LogP contribution in [0.25, 0.3) is 6.08 Å². The summed E-state index contributed by atoms with van der Waals surface area (Å²) in [6.45, 7) is 4.73. The summed E-state index contributed by atoms with van der Waals surface area (Å²) in [7, 11) is 1.52. The van der Waals surface area contributed by atoms with Crippen LogP contribution in [0.4, 0.5) is 5.13 Å². The number of nitrogens with zero attached hydrogens (tertiary/aromatic N) is 3. The SMILES string of the molecule is COc1cc(C2C(C(=O)C=Cc3ccccc3)=C(O)C(=O)N2c2nnc(SCc3ccc(Cl)cc3Cl)s2)ccc1OCCC(C)C. The lowest BCUT2D eigenvalue weighted by Crippen LogP contribution is -2.30. The van der Waals surface area contributed by atoms with Gasteiger partial charge >= 0.3 is 0 Å². The highest BCUT2D eigenvalue weighted by Gasteiger charge is 2.45. The second kappa shape index (κ2) is 15.2. The number of rotatable bonds is 13. The molecule has 3 aromatic carbocycles. The molecule has 1 unspecified atom stereocenters. The highest BCUT2D eigenvalue weighted by molar-refractivity contribution is 8.00. The van der Waals surface area contributed by atoms with Crippen molar-refractivity contribution < 1.29 is 24.2 Å². The lowest BCUT2D eigenvalue weighted by Gasteiger charge is -2.24. The summed E-state index contributed by atoms with van der Waals surface area (Å²) < 4.78 is 12.2. The number of hydrogen-bond acceptors (Lipinski definition) is 9. The number of ketones is 1. The van der Waals surface area contributed by atoms with Gasteiger partial charge in [0, 0.05) is 15.8 Å². The molecule has 238 valence electrons. The molecule has 0 aliphatic carbocycles. The number of benzene rings is 3. The summed E-state index contributed by atoms with van der Waals surface area (Å²) in [6, 6.07) is 18.8. The minimum atomic E-state index is -1.00. The highest BCUT2D eigenvalue weighted by atomic mass is 35.5. The lowest BCUT2D eigenvalue weighted by molar-refractivity contribution is -0.117. The number of aromatic nitrogens is 2. The summed E-state index contributed by atoms with van der Waals surface area (Å²) in [5.74, 6) is -0.00705. The Labute approximate surface area is 285 Å². The van der Waals surface area contributed by atoms with E-state index in [0.717, 1.165) is 17.5 Å². The zero-order valence-corrected chi connectivity index (χ0v) is 28.4. The summed E-state index contributed by atoms with van der Waals surface area (Å²) in [5.41, 5.74) is 2.11. The average Bonchev–Trinajstić information content (AvgIpc) is 3.61. The number of thioether (sulfide) groups is 1. The van der Waals surface area contributed by atoms with Crippen molar-refractivity contribution in [3.05, 3.63) is 111 Å². The number of carbonyl (C=O) groups is 2. The lowest BCUT2D eigenvalue weighted by atomic mass is 9.95. The molecule has 1 aliphatic heterocycles. The molecular formula is C34H31Cl2N3O5S2. The fourth-order valence-electron chi connectivity index (χ4n) is 4.71. The molecule has 0 spiro atoms. The van der Waals surface area contributed by atoms with Crippen LogP contribution < -0.4 is 14.4 Å². The molecule has 5 rings (SSSR count). The average molecular weight is 697 g/mol. The molecule has 2 heterocycles. The van der Waals surface area contributed by atoms with E-state index in [1.54, 1.807) is 36.4 Å². The number of amides is 1. The summed E-state index contributed by atoms with van der Waals surface area (Å²) in [5, 5.41) is 21.0. The molecule has 1 aromatic heterocycles. The fraction of sp³-hybridized carbons (Fsp3) is 0.235. The first-order valence-electron chi connectivity index (χ1n) is 14.4. The van der Waals surface area contributed by atoms with Crippen LogP contribution in [0.3, 0.4) is 0 Å². The number of hydrogen-bond donors (Lipinski definition) is 1. The third-order valence-corrected chi connectivity index (χ3v) is 9.82. The minimum Gasteiger partial charge on any atom is -0.503 e. The summed E-state index contributed by atoms with van der Waals surface area (Å²) >= 11 is 14.9. The van der Waals surface area contributed by atoms with E-state index in [9.17, 15) is 14.7 Å². The van der Waals surface area contributed by atoms with Crippen LogP contribution >= 0.6 is 46.3 Å². The van der Waals surface area contributed by atoms with E-state index in [2.05, 4.69) is 24.0 Å². The highest BCUT2D eigenvalue weighted by Crippen LogP contribution is 2.45. The molecule has 0 radical (unpaired) electrons. The molecule has 0 saturated carbocycles. The van der Waals surface area contributed by atoms with Gasteiger partial charge < -0.3 is 14.6 Å². The Morgan fingerprint density at radius 2 is 1.87 bits per heavy atom. The standard InChI is InChI=1S/C34H31Cl2N3O5S2/c1-20(2)15-16-44-27-14-11-22(17-28(27)43-3)30-29(26(40)13-9-21-7-5-4-6-8-21)31(41)32(42)39(30)33-37-38-34(46-33)45-19-23-10-12-24(35)18-25(23)36/h4-14,17-18,20,30,41H,15-16,19H2,1-3H3. The smallest absolute Gasteiger partial charge is 0.296 e. The van der Waals surface area contributed by atoms with Gasteiger partial charge in [0.1, 0.15) is 0 Å². The molecule has 1 N–H and O–H groups in total. The second-order valence-corrected chi connectivity index (χ2v) is 13.8. The van der Waals surface area contributed by atoms with Crippen molar-refractivity contribution in [2.24, 2.45) is 5.92 Å². The molecule has 1 atom stereocenters. The minimum absolute atomic E-state index is 0.0786. The first-order chi connectivity index (χ1) is 22.2. The number of halogens is 2. The van der Waals surface area contributed by atoms with Crippen molar-refractivity contribution in [3.63, 3.8) is 0 Å². The van der Waals surface area contributed by atoms with Gasteiger partial charge in [-0.15, -0.1) is 10.2 Å². The molecule has 1 aliphatic rings. The van der Waals surface area contributed by atoms with Crippen molar-refractivity contribution in [1.29, 1.82) is 0 Å². The monoisotopic (exact) mass is 695 g/mol. The third kappa shape index (κ3) is 7.75. The van der Waals surface area contributed by atoms with Crippen LogP contribution in [0.1, 0.15) is 43.0 Å². The number of anilines is 1. The van der Waals surface area contributed by atoms with Crippen LogP contribution in [-0.2, 0) is 15.3 Å². The van der Waals surface area contributed by atoms with Crippen molar-refractivity contribution in [2.75, 3.05) is 18.6 Å². The van der Waals surface area contributed by atoms with Crippen molar-refractivity contribution >= 4 is 69.2 Å². The van der Waals surface area contributed by atoms with Gasteiger partial charge in [-0.2, -0.15) is 0 Å². The normalized spacial score (nSPS) is 15.0. The predicted octanol–water partition coefficient (Wildman–Crippen LogP) is 8.75. The van der Waals surface area contributed by atoms with Crippen molar-refractivity contribution in [3.8, 4) is 11.5 Å². The number of ether oxygens (including phenoxy) is 2. The van der Waals surface area contributed by atoms with E-state index in [1.165, 1.54) is 41.2 Å². The Morgan fingerprint density at radius 3 is 2.59 bits per heavy atom. The Hall–Kier alpha value is -3.83. The van der Waals surface area contributed by atoms with E-state index in [4.69, 9.17) is 32.7 Å². The number of methoxy groups -OCH3 is 1. The van der Waals surface area contributed by atoms with Crippen molar-refractivity contribution in [2.45, 2.75) is 36.4 Å². The third-order valence-electron chi connectivity index (χ3n) is 7.12. The van der Waals surface area contributed by atoms with Crippen LogP contribution in [0.15, 0.2) is 88.5 Å². The van der Waals surface area contributed by atoms with Gasteiger partial charge in [-0.3, -0.25) is 14.5 Å². The van der Waals surface area contributed by atoms with Gasteiger partial charge in [-0.1, -0.05) is 109 Å². The fourth-order valence-corrected chi connectivity index (χ4v) is 7.14. The second-order valence-electron chi connectivity index (χ2n) is 10.8. The van der Waals surface area contributed by atoms with Crippen LogP contribution in [-0.4, -0.2) is 40.7 Å². The van der Waals surface area contributed by atoms with Gasteiger partial charge in [-0.25, -0.2) is 0 Å². The maximum Gasteiger partial charge on any atom is 0.296 e. The number of aliphatic hydroxyl groups is 1. The van der Waals surface area contributed by atoms with E-state index in [0.29, 0.717) is 49.7 Å². The quantitative estimate of drug-likeness (QED) is 0.0842. The van der Waals surface area contributed by atoms with Gasteiger partial charge in [0.25, 0.3) is 5.91 Å². The molecule has 0 bridgehead atoms. The molecule has 46 heavy (non-hydrogen) atoms. The zero-order valence-electron chi connectivity index (χ0n) is 25.3. The Bertz CT molecular complexity index is 1790. The maximum absolute atomic E-state index is 13.7. The van der Waals surface area contributed by atoms with Crippen LogP contribution in [0.5, 0.6) is 11.5 Å². The van der Waals surface area contributed by atoms with E-state index >= 15 is 0 Å². The molecule has 4 aromatic rings. The van der Waals surface area contributed by atoms with Gasteiger partial charge in [-0.05, 0) is 59.4 Å². The number of allylic oxidation sites excluding steroid dienone is 1. The van der Waals surface area contributed by atoms with Gasteiger partial charge in [0.05, 0.1) is 25.3 Å². The van der Waals surface area contributed by atoms with Gasteiger partial charge in [0.15, 0.2) is 27.4 Å². The largest absolute Gasteiger partial charge is 0.503 e. The Kier molecular flexibility index (Phi) is 11.1. The summed E-state index contributed by atoms with van der Waals surface area (Å²) in [6.07, 6.45) is 3.85. The zero-order chi connectivity index (χ0) is 32.8. The van der Waals surface area contributed by atoms with Crippen LogP contribution in [0, 0.1) is 5.92 Å². The topological polar surface area (TPSA) is 102 Å². The number of aliphatic hydroxyl groups excluding tert-OH is 1. The Morgan fingerprint density at radius 1 is 1.09 bits per heavy atom. The molecule has 0 saturated heterocycles. The Balaban J connectivity index is 1.48. The van der Waals surface area contributed by atoms with E-state index in [1.807, 2.05) is 36.4 Å². The van der Waals surface area contributed by atoms with Crippen LogP contribution in [0.2, 0.25) is 10.0 Å². The molecule has 0 fully saturated rings. The van der Waals surface area contributed by atoms with E-state index in [-0.39, 0.29) is 10.7 Å².